The largest absolute Gasteiger partial charge is 0.492 e. The smallest absolute Gasteiger partial charge is 0.329 e. The van der Waals surface area contributed by atoms with Gasteiger partial charge in [-0.25, -0.2) is 33.5 Å². The first-order chi connectivity index (χ1) is 26.4. The third kappa shape index (κ3) is 6.60. The first-order valence-electron chi connectivity index (χ1n) is 18.2. The molecule has 3 fully saturated rings. The number of pyridine rings is 2. The van der Waals surface area contributed by atoms with E-state index in [0.29, 0.717) is 60.5 Å². The normalized spacial score (nSPS) is 21.0. The van der Waals surface area contributed by atoms with E-state index in [1.54, 1.807) is 76.5 Å². The molecule has 0 radical (unpaired) electrons. The summed E-state index contributed by atoms with van der Waals surface area (Å²) < 4.78 is 65.2. The van der Waals surface area contributed by atoms with Gasteiger partial charge in [0.15, 0.2) is 28.8 Å². The number of methoxy groups -OCH3 is 1. The zero-order valence-corrected chi connectivity index (χ0v) is 31.5. The molecule has 0 amide bonds. The zero-order chi connectivity index (χ0) is 38.6. The molecule has 16 heteroatoms. The number of rotatable bonds is 9. The van der Waals surface area contributed by atoms with Crippen molar-refractivity contribution in [2.45, 2.75) is 69.9 Å². The predicted molar refractivity (Wildman–Crippen MR) is 200 cm³/mol. The van der Waals surface area contributed by atoms with Crippen LogP contribution in [0.4, 0.5) is 26.1 Å². The van der Waals surface area contributed by atoms with Crippen molar-refractivity contribution in [3.05, 3.63) is 54.6 Å². The molecule has 0 saturated carbocycles. The molecular weight excluding hydrogens is 716 g/mol. The summed E-state index contributed by atoms with van der Waals surface area (Å²) in [4.78, 5) is 35.5. The quantitative estimate of drug-likeness (QED) is 0.171. The van der Waals surface area contributed by atoms with Gasteiger partial charge in [-0.05, 0) is 52.0 Å². The number of anilines is 3. The molecule has 0 unspecified atom stereocenters. The molecule has 8 rings (SSSR count). The van der Waals surface area contributed by atoms with Crippen LogP contribution in [0, 0.1) is 0 Å². The molecule has 4 aromatic heterocycles. The molecule has 1 N–H and O–H groups in total. The molecule has 3 aliphatic rings. The summed E-state index contributed by atoms with van der Waals surface area (Å²) in [5.41, 5.74) is 1.80. The van der Waals surface area contributed by atoms with Gasteiger partial charge in [-0.1, -0.05) is 12.1 Å². The first-order valence-corrected chi connectivity index (χ1v) is 18.2. The summed E-state index contributed by atoms with van der Waals surface area (Å²) >= 11 is 0. The lowest BCUT2D eigenvalue weighted by Crippen LogP contribution is -2.68. The predicted octanol–water partition coefficient (Wildman–Crippen LogP) is 6.18. The van der Waals surface area contributed by atoms with Gasteiger partial charge >= 0.3 is 5.97 Å². The average Bonchev–Trinajstić information content (AvgIpc) is 3.75. The van der Waals surface area contributed by atoms with Crippen LogP contribution in [0.3, 0.4) is 0 Å². The van der Waals surface area contributed by atoms with Gasteiger partial charge in [0.05, 0.1) is 39.5 Å². The van der Waals surface area contributed by atoms with Crippen LogP contribution >= 0.6 is 0 Å². The third-order valence-corrected chi connectivity index (χ3v) is 10.3. The number of nitrogens with one attached hydrogen (secondary N) is 1. The van der Waals surface area contributed by atoms with Gasteiger partial charge in [0.25, 0.3) is 6.43 Å². The number of para-hydroxylation sites is 1. The van der Waals surface area contributed by atoms with Gasteiger partial charge in [-0.3, -0.25) is 0 Å². The molecule has 55 heavy (non-hydrogen) atoms. The number of fused-ring (bicyclic) bond motifs is 3. The SMILES string of the molecule is CNc1nccc(-c2cnc(O[C@H]3C[C@@H](C(=O)OC(C)(C)C)N(c4nc(C(F)F)nc5c4oc4ccccc45)C3)c(N3CCOC4(COC4)[C@@H]3C)c2)c1OC. The number of carbonyl (C=O) groups excluding carboxylic acids is 1. The zero-order valence-electron chi connectivity index (χ0n) is 31.5. The van der Waals surface area contributed by atoms with Crippen molar-refractivity contribution in [3.8, 4) is 22.8 Å². The summed E-state index contributed by atoms with van der Waals surface area (Å²) in [6, 6.07) is 9.84. The Hall–Kier alpha value is -5.35. The van der Waals surface area contributed by atoms with E-state index in [1.165, 1.54) is 0 Å². The molecule has 7 heterocycles. The topological polar surface area (TPSA) is 146 Å². The number of carbonyl (C=O) groups is 1. The number of morpholine rings is 1. The van der Waals surface area contributed by atoms with Crippen LogP contribution in [0.2, 0.25) is 0 Å². The van der Waals surface area contributed by atoms with Crippen LogP contribution in [0.25, 0.3) is 33.2 Å². The third-order valence-electron chi connectivity index (χ3n) is 10.3. The van der Waals surface area contributed by atoms with Crippen molar-refractivity contribution in [2.24, 2.45) is 0 Å². The number of hydrogen-bond donors (Lipinski definition) is 1. The van der Waals surface area contributed by atoms with Gasteiger partial charge in [-0.15, -0.1) is 0 Å². The van der Waals surface area contributed by atoms with Crippen LogP contribution in [-0.2, 0) is 19.0 Å². The molecule has 14 nitrogen and oxygen atoms in total. The minimum Gasteiger partial charge on any atom is -0.492 e. The summed E-state index contributed by atoms with van der Waals surface area (Å²) in [5.74, 6) is 0.285. The van der Waals surface area contributed by atoms with E-state index in [1.807, 2.05) is 12.1 Å². The number of hydrogen-bond acceptors (Lipinski definition) is 14. The highest BCUT2D eigenvalue weighted by molar-refractivity contribution is 6.06. The number of nitrogens with zero attached hydrogens (tertiary/aromatic N) is 6. The highest BCUT2D eigenvalue weighted by Crippen LogP contribution is 2.44. The summed E-state index contributed by atoms with van der Waals surface area (Å²) in [7, 11) is 3.36. The standard InChI is InChI=1S/C39H43F2N7O7/c1-21-39(19-51-20-39)52-14-13-47(21)26-15-22(24-11-12-43-33(42-5)30(24)50-6)17-44-36(26)53-23-16-27(37(49)55-38(2,3)4)48(18-23)35-31-29(45-34(46-35)32(40)41)25-9-7-8-10-28(25)54-31/h7-12,15,17,21,23,27,32H,13-14,16,18-20H2,1-6H3,(H,42,43)/t21-,23-,27-/m0/s1. The monoisotopic (exact) mass is 759 g/mol. The minimum absolute atomic E-state index is 0.0563. The van der Waals surface area contributed by atoms with Crippen LogP contribution in [0.15, 0.2) is 53.2 Å². The maximum absolute atomic E-state index is 14.4. The van der Waals surface area contributed by atoms with E-state index in [2.05, 4.69) is 32.1 Å². The fourth-order valence-corrected chi connectivity index (χ4v) is 7.60. The van der Waals surface area contributed by atoms with E-state index >= 15 is 0 Å². The maximum Gasteiger partial charge on any atom is 0.329 e. The Morgan fingerprint density at radius 3 is 2.62 bits per heavy atom. The molecule has 3 aliphatic heterocycles. The number of esters is 1. The Morgan fingerprint density at radius 2 is 1.91 bits per heavy atom. The summed E-state index contributed by atoms with van der Waals surface area (Å²) in [6.45, 7) is 9.43. The number of halogens is 2. The van der Waals surface area contributed by atoms with E-state index < -0.39 is 41.6 Å². The first kappa shape index (κ1) is 36.6. The van der Waals surface area contributed by atoms with Gasteiger partial charge < -0.3 is 43.2 Å². The number of ether oxygens (including phenoxy) is 5. The van der Waals surface area contributed by atoms with Gasteiger partial charge in [0, 0.05) is 48.9 Å². The molecule has 3 atom stereocenters. The van der Waals surface area contributed by atoms with Crippen LogP contribution in [0.5, 0.6) is 11.6 Å². The fourth-order valence-electron chi connectivity index (χ4n) is 7.60. The Kier molecular flexibility index (Phi) is 9.36. The molecule has 290 valence electrons. The van der Waals surface area contributed by atoms with Gasteiger partial charge in [-0.2, -0.15) is 0 Å². The highest BCUT2D eigenvalue weighted by Gasteiger charge is 2.51. The number of aromatic nitrogens is 4. The molecule has 1 aromatic carbocycles. The number of furan rings is 1. The molecule has 3 saturated heterocycles. The lowest BCUT2D eigenvalue weighted by atomic mass is 9.90. The average molecular weight is 760 g/mol. The summed E-state index contributed by atoms with van der Waals surface area (Å²) in [5, 5.41) is 3.63. The molecule has 5 aromatic rings. The fraction of sp³-hybridized carbons (Fsp3) is 0.462. The van der Waals surface area contributed by atoms with Crippen molar-refractivity contribution in [2.75, 3.05) is 62.2 Å². The van der Waals surface area contributed by atoms with Crippen molar-refractivity contribution in [3.63, 3.8) is 0 Å². The van der Waals surface area contributed by atoms with E-state index in [-0.39, 0.29) is 35.9 Å². The van der Waals surface area contributed by atoms with E-state index in [9.17, 15) is 13.6 Å². The Labute approximate surface area is 316 Å². The van der Waals surface area contributed by atoms with Crippen LogP contribution in [0.1, 0.15) is 46.4 Å². The Morgan fingerprint density at radius 1 is 1.11 bits per heavy atom. The maximum atomic E-state index is 14.4. The van der Waals surface area contributed by atoms with E-state index in [0.717, 1.165) is 11.1 Å². The second-order valence-corrected chi connectivity index (χ2v) is 15.0. The van der Waals surface area contributed by atoms with E-state index in [4.69, 9.17) is 33.1 Å². The lowest BCUT2D eigenvalue weighted by molar-refractivity contribution is -0.228. The lowest BCUT2D eigenvalue weighted by Gasteiger charge is -2.53. The highest BCUT2D eigenvalue weighted by atomic mass is 19.3. The second kappa shape index (κ2) is 14.1. The minimum atomic E-state index is -2.97. The van der Waals surface area contributed by atoms with Crippen LogP contribution in [-0.4, -0.2) is 102 Å². The molecule has 1 spiro atoms. The molecule has 0 bridgehead atoms. The van der Waals surface area contributed by atoms with Crippen LogP contribution < -0.4 is 24.6 Å². The Balaban J connectivity index is 1.21. The van der Waals surface area contributed by atoms with Crippen molar-refractivity contribution in [1.29, 1.82) is 0 Å². The van der Waals surface area contributed by atoms with Crippen molar-refractivity contribution in [1.82, 2.24) is 19.9 Å². The van der Waals surface area contributed by atoms with Gasteiger partial charge in [0.2, 0.25) is 5.88 Å². The Bertz CT molecular complexity index is 2240. The summed E-state index contributed by atoms with van der Waals surface area (Å²) in [6.07, 6.45) is -0.0733. The van der Waals surface area contributed by atoms with Crippen molar-refractivity contribution < 1.29 is 41.7 Å². The number of benzene rings is 1. The number of alkyl halides is 2. The second-order valence-electron chi connectivity index (χ2n) is 15.0. The van der Waals surface area contributed by atoms with Crippen molar-refractivity contribution >= 4 is 45.4 Å². The molecule has 0 aliphatic carbocycles. The molecular formula is C39H43F2N7O7. The van der Waals surface area contributed by atoms with Gasteiger partial charge in [0.1, 0.15) is 40.1 Å².